The largest absolute Gasteiger partial charge is 0.492 e. The summed E-state index contributed by atoms with van der Waals surface area (Å²) in [5.41, 5.74) is 2.18. The Balaban J connectivity index is 0.00000300. The van der Waals surface area contributed by atoms with Gasteiger partial charge in [-0.05, 0) is 57.6 Å². The number of halogens is 1. The van der Waals surface area contributed by atoms with E-state index in [1.54, 1.807) is 10.8 Å². The van der Waals surface area contributed by atoms with Crippen molar-refractivity contribution in [2.75, 3.05) is 27.2 Å². The Kier molecular flexibility index (Phi) is 8.68. The highest BCUT2D eigenvalue weighted by Crippen LogP contribution is 2.29. The molecule has 0 saturated heterocycles. The van der Waals surface area contributed by atoms with Crippen LogP contribution in [0, 0.1) is 0 Å². The molecule has 0 aliphatic heterocycles. The number of benzene rings is 1. The predicted molar refractivity (Wildman–Crippen MR) is 122 cm³/mol. The molecule has 3 aromatic rings. The van der Waals surface area contributed by atoms with Gasteiger partial charge in [0.25, 0.3) is 5.56 Å². The molecule has 2 aromatic heterocycles. The minimum absolute atomic E-state index is 0. The summed E-state index contributed by atoms with van der Waals surface area (Å²) >= 11 is 0. The second-order valence-electron chi connectivity index (χ2n) is 7.27. The lowest BCUT2D eigenvalue weighted by molar-refractivity contribution is 0.281. The molecule has 0 fully saturated rings. The first-order valence-corrected chi connectivity index (χ1v) is 9.99. The van der Waals surface area contributed by atoms with Gasteiger partial charge in [-0.2, -0.15) is 0 Å². The Hall–Kier alpha value is -2.37. The number of rotatable bonds is 9. The second-order valence-corrected chi connectivity index (χ2v) is 7.27. The van der Waals surface area contributed by atoms with Gasteiger partial charge in [-0.15, -0.1) is 12.4 Å². The monoisotopic (exact) mass is 415 g/mol. The van der Waals surface area contributed by atoms with Crippen LogP contribution in [-0.2, 0) is 6.42 Å². The molecule has 156 valence electrons. The summed E-state index contributed by atoms with van der Waals surface area (Å²) in [6, 6.07) is 13.6. The van der Waals surface area contributed by atoms with Crippen molar-refractivity contribution >= 4 is 23.4 Å². The average Bonchev–Trinajstić information content (AvgIpc) is 2.71. The molecule has 0 amide bonds. The fraction of sp³-hybridized carbons (Fsp3) is 0.391. The lowest BCUT2D eigenvalue weighted by Crippen LogP contribution is -2.25. The first kappa shape index (κ1) is 22.9. The molecule has 2 heterocycles. The smallest absolute Gasteiger partial charge is 0.263 e. The topological polar surface area (TPSA) is 47.4 Å². The van der Waals surface area contributed by atoms with Gasteiger partial charge < -0.3 is 9.64 Å². The molecule has 5 nitrogen and oxygen atoms in total. The van der Waals surface area contributed by atoms with Crippen LogP contribution in [0.1, 0.15) is 31.7 Å². The summed E-state index contributed by atoms with van der Waals surface area (Å²) in [6.07, 6.45) is 5.31. The van der Waals surface area contributed by atoms with E-state index in [1.165, 1.54) is 0 Å². The first-order valence-electron chi connectivity index (χ1n) is 9.99. The van der Waals surface area contributed by atoms with E-state index in [9.17, 15) is 4.79 Å². The van der Waals surface area contributed by atoms with Crippen LogP contribution in [0.2, 0.25) is 0 Å². The van der Waals surface area contributed by atoms with E-state index in [0.29, 0.717) is 24.4 Å². The summed E-state index contributed by atoms with van der Waals surface area (Å²) in [5, 5.41) is 0.891. The van der Waals surface area contributed by atoms with Crippen molar-refractivity contribution in [3.05, 3.63) is 64.6 Å². The molecule has 0 spiro atoms. The molecule has 1 aromatic carbocycles. The molecule has 3 rings (SSSR count). The van der Waals surface area contributed by atoms with E-state index < -0.39 is 0 Å². The molecule has 0 radical (unpaired) electrons. The van der Waals surface area contributed by atoms with E-state index in [4.69, 9.17) is 4.74 Å². The number of aromatic nitrogens is 2. The number of hydrogen-bond donors (Lipinski definition) is 0. The van der Waals surface area contributed by atoms with Gasteiger partial charge in [-0.3, -0.25) is 9.36 Å². The van der Waals surface area contributed by atoms with Crippen LogP contribution in [0.4, 0.5) is 0 Å². The van der Waals surface area contributed by atoms with Gasteiger partial charge in [0, 0.05) is 12.7 Å². The number of fused-ring (bicyclic) bond motifs is 1. The zero-order valence-corrected chi connectivity index (χ0v) is 18.2. The predicted octanol–water partition coefficient (Wildman–Crippen LogP) is 4.48. The van der Waals surface area contributed by atoms with Crippen LogP contribution in [0.3, 0.4) is 0 Å². The molecule has 6 heteroatoms. The molecule has 0 atom stereocenters. The minimum Gasteiger partial charge on any atom is -0.492 e. The first-order chi connectivity index (χ1) is 13.6. The third kappa shape index (κ3) is 5.37. The standard InChI is InChI=1S/C23H29N3O2.ClH/c1-4-5-13-20-21(28-17-10-16-25(2)3)19-14-9-15-24-22(19)26(23(20)27)18-11-7-6-8-12-18;/h6-9,11-12,14-15H,4-5,10,13,16-17H2,1-3H3;1H. The van der Waals surface area contributed by atoms with Gasteiger partial charge in [-0.1, -0.05) is 31.5 Å². The number of nitrogens with zero attached hydrogens (tertiary/aromatic N) is 3. The minimum atomic E-state index is -0.0338. The molecular weight excluding hydrogens is 386 g/mol. The molecule has 0 aliphatic carbocycles. The van der Waals surface area contributed by atoms with Crippen LogP contribution < -0.4 is 10.3 Å². The van der Waals surface area contributed by atoms with E-state index in [2.05, 4.69) is 16.8 Å². The maximum absolute atomic E-state index is 13.5. The maximum Gasteiger partial charge on any atom is 0.263 e. The number of hydrogen-bond acceptors (Lipinski definition) is 4. The van der Waals surface area contributed by atoms with E-state index in [0.717, 1.165) is 42.4 Å². The van der Waals surface area contributed by atoms with Gasteiger partial charge >= 0.3 is 0 Å². The summed E-state index contributed by atoms with van der Waals surface area (Å²) in [5.74, 6) is 0.701. The highest BCUT2D eigenvalue weighted by Gasteiger charge is 2.19. The highest BCUT2D eigenvalue weighted by atomic mass is 35.5. The molecule has 0 saturated carbocycles. The van der Waals surface area contributed by atoms with Crippen molar-refractivity contribution in [2.24, 2.45) is 0 Å². The van der Waals surface area contributed by atoms with E-state index in [1.807, 2.05) is 56.6 Å². The van der Waals surface area contributed by atoms with Gasteiger partial charge in [0.05, 0.1) is 23.2 Å². The van der Waals surface area contributed by atoms with Crippen molar-refractivity contribution in [1.29, 1.82) is 0 Å². The molecule has 0 unspecified atom stereocenters. The molecule has 0 aliphatic rings. The quantitative estimate of drug-likeness (QED) is 0.483. The summed E-state index contributed by atoms with van der Waals surface area (Å²) < 4.78 is 7.90. The summed E-state index contributed by atoms with van der Waals surface area (Å²) in [7, 11) is 4.10. The lowest BCUT2D eigenvalue weighted by atomic mass is 10.1. The molecular formula is C23H30ClN3O2. The van der Waals surface area contributed by atoms with Crippen LogP contribution >= 0.6 is 12.4 Å². The Labute approximate surface area is 178 Å². The van der Waals surface area contributed by atoms with E-state index >= 15 is 0 Å². The van der Waals surface area contributed by atoms with Crippen LogP contribution in [0.5, 0.6) is 5.75 Å². The number of pyridine rings is 2. The summed E-state index contributed by atoms with van der Waals surface area (Å²) in [4.78, 5) is 20.2. The SMILES string of the molecule is CCCCc1c(OCCCN(C)C)c2cccnc2n(-c2ccccc2)c1=O.Cl. The lowest BCUT2D eigenvalue weighted by Gasteiger charge is -2.18. The number of unbranched alkanes of at least 4 members (excludes halogenated alkanes) is 1. The third-order valence-corrected chi connectivity index (χ3v) is 4.77. The van der Waals surface area contributed by atoms with Gasteiger partial charge in [-0.25, -0.2) is 4.98 Å². The maximum atomic E-state index is 13.5. The Morgan fingerprint density at radius 1 is 1.07 bits per heavy atom. The highest BCUT2D eigenvalue weighted by molar-refractivity contribution is 5.85. The van der Waals surface area contributed by atoms with Crippen molar-refractivity contribution in [1.82, 2.24) is 14.5 Å². The van der Waals surface area contributed by atoms with Crippen LogP contribution in [0.25, 0.3) is 16.7 Å². The van der Waals surface area contributed by atoms with Gasteiger partial charge in [0.1, 0.15) is 5.75 Å². The molecule has 0 bridgehead atoms. The van der Waals surface area contributed by atoms with Crippen molar-refractivity contribution in [3.63, 3.8) is 0 Å². The zero-order chi connectivity index (χ0) is 19.9. The fourth-order valence-corrected chi connectivity index (χ4v) is 3.35. The Morgan fingerprint density at radius 2 is 1.83 bits per heavy atom. The average molecular weight is 416 g/mol. The fourth-order valence-electron chi connectivity index (χ4n) is 3.35. The second kappa shape index (κ2) is 11.0. The number of ether oxygens (including phenoxy) is 1. The Morgan fingerprint density at radius 3 is 2.52 bits per heavy atom. The molecule has 0 N–H and O–H groups in total. The van der Waals surface area contributed by atoms with Gasteiger partial charge in [0.2, 0.25) is 0 Å². The van der Waals surface area contributed by atoms with E-state index in [-0.39, 0.29) is 18.0 Å². The van der Waals surface area contributed by atoms with Crippen LogP contribution in [0.15, 0.2) is 53.5 Å². The van der Waals surface area contributed by atoms with Crippen LogP contribution in [-0.4, -0.2) is 41.7 Å². The Bertz CT molecular complexity index is 971. The summed E-state index contributed by atoms with van der Waals surface area (Å²) in [6.45, 7) is 3.66. The third-order valence-electron chi connectivity index (χ3n) is 4.77. The number of para-hydroxylation sites is 1. The zero-order valence-electron chi connectivity index (χ0n) is 17.4. The molecule has 29 heavy (non-hydrogen) atoms. The van der Waals surface area contributed by atoms with Gasteiger partial charge in [0.15, 0.2) is 5.65 Å². The van der Waals surface area contributed by atoms with Crippen molar-refractivity contribution < 1.29 is 4.74 Å². The van der Waals surface area contributed by atoms with Crippen molar-refractivity contribution in [3.8, 4) is 11.4 Å². The van der Waals surface area contributed by atoms with Crippen molar-refractivity contribution in [2.45, 2.75) is 32.6 Å². The normalized spacial score (nSPS) is 10.9.